The van der Waals surface area contributed by atoms with Gasteiger partial charge >= 0.3 is 0 Å². The van der Waals surface area contributed by atoms with Crippen molar-refractivity contribution in [1.29, 1.82) is 0 Å². The molecule has 0 aromatic rings. The minimum absolute atomic E-state index is 0.122. The number of aliphatic hydroxyl groups excluding tert-OH is 1. The van der Waals surface area contributed by atoms with Crippen LogP contribution >= 0.6 is 0 Å². The van der Waals surface area contributed by atoms with Crippen LogP contribution in [0.5, 0.6) is 0 Å². The van der Waals surface area contributed by atoms with E-state index in [9.17, 15) is 5.11 Å². The summed E-state index contributed by atoms with van der Waals surface area (Å²) >= 11 is 0. The Labute approximate surface area is 99.8 Å². The van der Waals surface area contributed by atoms with E-state index in [1.165, 1.54) is 25.7 Å². The fourth-order valence-electron chi connectivity index (χ4n) is 3.64. The van der Waals surface area contributed by atoms with Crippen LogP contribution < -0.4 is 5.32 Å². The standard InChI is InChI=1S/C14H27NO/c1-10(2)8-15-9-14(16)7-13-6-11-3-4-12(13)5-11/h10-16H,3-9H2,1-2H3. The summed E-state index contributed by atoms with van der Waals surface area (Å²) < 4.78 is 0. The van der Waals surface area contributed by atoms with Gasteiger partial charge in [0.15, 0.2) is 0 Å². The van der Waals surface area contributed by atoms with Crippen LogP contribution in [-0.2, 0) is 0 Å². The Balaban J connectivity index is 1.62. The number of rotatable bonds is 6. The molecule has 2 aliphatic carbocycles. The molecule has 16 heavy (non-hydrogen) atoms. The fraction of sp³-hybridized carbons (Fsp3) is 1.00. The van der Waals surface area contributed by atoms with E-state index >= 15 is 0 Å². The SMILES string of the molecule is CC(C)CNCC(O)CC1CC2CCC1C2. The molecule has 2 bridgehead atoms. The molecule has 0 amide bonds. The fourth-order valence-corrected chi connectivity index (χ4v) is 3.64. The van der Waals surface area contributed by atoms with Gasteiger partial charge in [-0.1, -0.05) is 20.3 Å². The van der Waals surface area contributed by atoms with Crippen molar-refractivity contribution in [1.82, 2.24) is 5.32 Å². The van der Waals surface area contributed by atoms with E-state index in [0.29, 0.717) is 5.92 Å². The van der Waals surface area contributed by atoms with Crippen LogP contribution in [0, 0.1) is 23.7 Å². The van der Waals surface area contributed by atoms with E-state index in [1.54, 1.807) is 0 Å². The Hall–Kier alpha value is -0.0800. The van der Waals surface area contributed by atoms with Crippen molar-refractivity contribution >= 4 is 0 Å². The molecular formula is C14H27NO. The van der Waals surface area contributed by atoms with Crippen LogP contribution in [0.4, 0.5) is 0 Å². The molecule has 2 aliphatic rings. The van der Waals surface area contributed by atoms with Crippen LogP contribution in [0.2, 0.25) is 0 Å². The average molecular weight is 225 g/mol. The van der Waals surface area contributed by atoms with E-state index in [1.807, 2.05) is 0 Å². The third-order valence-electron chi connectivity index (χ3n) is 4.39. The zero-order chi connectivity index (χ0) is 11.5. The van der Waals surface area contributed by atoms with E-state index in [-0.39, 0.29) is 6.10 Å². The van der Waals surface area contributed by atoms with Gasteiger partial charge in [0.25, 0.3) is 0 Å². The van der Waals surface area contributed by atoms with Crippen LogP contribution in [-0.4, -0.2) is 24.3 Å². The highest BCUT2D eigenvalue weighted by atomic mass is 16.3. The summed E-state index contributed by atoms with van der Waals surface area (Å²) in [4.78, 5) is 0. The molecule has 4 atom stereocenters. The van der Waals surface area contributed by atoms with E-state index in [2.05, 4.69) is 19.2 Å². The summed E-state index contributed by atoms with van der Waals surface area (Å²) in [7, 11) is 0. The highest BCUT2D eigenvalue weighted by Gasteiger charge is 2.39. The molecular weight excluding hydrogens is 198 g/mol. The van der Waals surface area contributed by atoms with Gasteiger partial charge in [0.1, 0.15) is 0 Å². The van der Waals surface area contributed by atoms with Crippen molar-refractivity contribution in [2.24, 2.45) is 23.7 Å². The van der Waals surface area contributed by atoms with Crippen molar-refractivity contribution in [3.8, 4) is 0 Å². The molecule has 2 saturated carbocycles. The van der Waals surface area contributed by atoms with Crippen LogP contribution in [0.1, 0.15) is 46.0 Å². The summed E-state index contributed by atoms with van der Waals surface area (Å²) in [5.41, 5.74) is 0. The Kier molecular flexibility index (Phi) is 4.26. The van der Waals surface area contributed by atoms with E-state index < -0.39 is 0 Å². The first-order chi connectivity index (χ1) is 7.65. The van der Waals surface area contributed by atoms with Gasteiger partial charge in [0.05, 0.1) is 6.10 Å². The van der Waals surface area contributed by atoms with Gasteiger partial charge < -0.3 is 10.4 Å². The Bertz CT molecular complexity index is 217. The molecule has 2 N–H and O–H groups in total. The van der Waals surface area contributed by atoms with Gasteiger partial charge in [-0.15, -0.1) is 0 Å². The third kappa shape index (κ3) is 3.21. The van der Waals surface area contributed by atoms with Gasteiger partial charge in [0, 0.05) is 6.54 Å². The molecule has 2 nitrogen and oxygen atoms in total. The minimum Gasteiger partial charge on any atom is -0.392 e. The lowest BCUT2D eigenvalue weighted by Crippen LogP contribution is -2.31. The normalized spacial score (nSPS) is 34.9. The summed E-state index contributed by atoms with van der Waals surface area (Å²) in [5, 5.41) is 13.3. The highest BCUT2D eigenvalue weighted by Crippen LogP contribution is 2.49. The molecule has 4 unspecified atom stereocenters. The lowest BCUT2D eigenvalue weighted by atomic mass is 9.85. The molecule has 2 heteroatoms. The molecule has 2 rings (SSSR count). The monoisotopic (exact) mass is 225 g/mol. The highest BCUT2D eigenvalue weighted by molar-refractivity contribution is 4.90. The van der Waals surface area contributed by atoms with Crippen molar-refractivity contribution in [2.75, 3.05) is 13.1 Å². The molecule has 94 valence electrons. The zero-order valence-corrected chi connectivity index (χ0v) is 10.8. The largest absolute Gasteiger partial charge is 0.392 e. The minimum atomic E-state index is -0.122. The Morgan fingerprint density at radius 1 is 1.19 bits per heavy atom. The average Bonchev–Trinajstić information content (AvgIpc) is 2.78. The lowest BCUT2D eigenvalue weighted by molar-refractivity contribution is 0.122. The van der Waals surface area contributed by atoms with Gasteiger partial charge in [-0.05, 0) is 55.9 Å². The molecule has 0 radical (unpaired) electrons. The van der Waals surface area contributed by atoms with Crippen molar-refractivity contribution in [3.63, 3.8) is 0 Å². The maximum atomic E-state index is 9.99. The van der Waals surface area contributed by atoms with Gasteiger partial charge in [-0.25, -0.2) is 0 Å². The number of nitrogens with one attached hydrogen (secondary N) is 1. The first kappa shape index (κ1) is 12.4. The topological polar surface area (TPSA) is 32.3 Å². The van der Waals surface area contributed by atoms with E-state index in [0.717, 1.165) is 37.3 Å². The first-order valence-electron chi connectivity index (χ1n) is 7.04. The molecule has 0 saturated heterocycles. The van der Waals surface area contributed by atoms with Crippen molar-refractivity contribution in [3.05, 3.63) is 0 Å². The summed E-state index contributed by atoms with van der Waals surface area (Å²) in [6.45, 7) is 6.21. The number of hydrogen-bond donors (Lipinski definition) is 2. The molecule has 0 aromatic carbocycles. The summed E-state index contributed by atoms with van der Waals surface area (Å²) in [6.07, 6.45) is 6.65. The smallest absolute Gasteiger partial charge is 0.0667 e. The molecule has 0 aromatic heterocycles. The van der Waals surface area contributed by atoms with Gasteiger partial charge in [-0.2, -0.15) is 0 Å². The Morgan fingerprint density at radius 2 is 2.00 bits per heavy atom. The van der Waals surface area contributed by atoms with Gasteiger partial charge in [-0.3, -0.25) is 0 Å². The second kappa shape index (κ2) is 5.50. The van der Waals surface area contributed by atoms with Crippen LogP contribution in [0.3, 0.4) is 0 Å². The second-order valence-corrected chi connectivity index (χ2v) is 6.38. The molecule has 0 aliphatic heterocycles. The quantitative estimate of drug-likeness (QED) is 0.727. The first-order valence-corrected chi connectivity index (χ1v) is 7.04. The third-order valence-corrected chi connectivity index (χ3v) is 4.39. The van der Waals surface area contributed by atoms with Crippen LogP contribution in [0.25, 0.3) is 0 Å². The van der Waals surface area contributed by atoms with E-state index in [4.69, 9.17) is 0 Å². The molecule has 0 heterocycles. The maximum Gasteiger partial charge on any atom is 0.0667 e. The predicted octanol–water partition coefficient (Wildman–Crippen LogP) is 2.42. The number of fused-ring (bicyclic) bond motifs is 2. The molecule has 2 fully saturated rings. The second-order valence-electron chi connectivity index (χ2n) is 6.38. The summed E-state index contributed by atoms with van der Waals surface area (Å²) in [5.74, 6) is 3.46. The van der Waals surface area contributed by atoms with Gasteiger partial charge in [0.2, 0.25) is 0 Å². The van der Waals surface area contributed by atoms with Crippen molar-refractivity contribution < 1.29 is 5.11 Å². The predicted molar refractivity (Wildman–Crippen MR) is 67.3 cm³/mol. The maximum absolute atomic E-state index is 9.99. The van der Waals surface area contributed by atoms with Crippen molar-refractivity contribution in [2.45, 2.75) is 52.1 Å². The number of aliphatic hydroxyl groups is 1. The van der Waals surface area contributed by atoms with Crippen LogP contribution in [0.15, 0.2) is 0 Å². The lowest BCUT2D eigenvalue weighted by Gasteiger charge is -2.24. The molecule has 0 spiro atoms. The summed E-state index contributed by atoms with van der Waals surface area (Å²) in [6, 6.07) is 0. The number of hydrogen-bond acceptors (Lipinski definition) is 2. The Morgan fingerprint density at radius 3 is 2.56 bits per heavy atom. The zero-order valence-electron chi connectivity index (χ0n) is 10.8.